The van der Waals surface area contributed by atoms with Crippen molar-refractivity contribution in [2.75, 3.05) is 6.54 Å². The van der Waals surface area contributed by atoms with E-state index in [1.165, 1.54) is 18.2 Å². The molecular weight excluding hydrogens is 196 g/mol. The Balaban J connectivity index is 2.89. The molecule has 1 nitrogen and oxygen atoms in total. The van der Waals surface area contributed by atoms with Crippen molar-refractivity contribution in [3.8, 4) is 0 Å². The Labute approximate surface area is 89.3 Å². The lowest BCUT2D eigenvalue weighted by Crippen LogP contribution is -2.21. The molecular formula is C12H17F2N. The molecule has 0 atom stereocenters. The van der Waals surface area contributed by atoms with Gasteiger partial charge in [0.25, 0.3) is 0 Å². The van der Waals surface area contributed by atoms with Crippen LogP contribution in [0.2, 0.25) is 0 Å². The summed E-state index contributed by atoms with van der Waals surface area (Å²) in [4.78, 5) is 0. The second-order valence-corrected chi connectivity index (χ2v) is 4.58. The third kappa shape index (κ3) is 3.27. The maximum atomic E-state index is 13.3. The van der Waals surface area contributed by atoms with Gasteiger partial charge in [-0.05, 0) is 36.9 Å². The average molecular weight is 213 g/mol. The van der Waals surface area contributed by atoms with Crippen LogP contribution in [-0.4, -0.2) is 6.54 Å². The summed E-state index contributed by atoms with van der Waals surface area (Å²) in [6, 6.07) is 3.96. The van der Waals surface area contributed by atoms with E-state index in [1.54, 1.807) is 0 Å². The fourth-order valence-corrected chi connectivity index (χ4v) is 1.66. The largest absolute Gasteiger partial charge is 0.330 e. The van der Waals surface area contributed by atoms with Crippen LogP contribution in [-0.2, 0) is 6.42 Å². The fourth-order valence-electron chi connectivity index (χ4n) is 1.66. The molecule has 0 unspecified atom stereocenters. The molecule has 0 spiro atoms. The Morgan fingerprint density at radius 1 is 1.20 bits per heavy atom. The number of hydrogen-bond donors (Lipinski definition) is 1. The number of hydrogen-bond acceptors (Lipinski definition) is 1. The minimum absolute atomic E-state index is 0.163. The number of halogens is 2. The lowest BCUT2D eigenvalue weighted by atomic mass is 9.82. The van der Waals surface area contributed by atoms with Gasteiger partial charge in [-0.1, -0.05) is 19.9 Å². The second kappa shape index (κ2) is 4.71. The summed E-state index contributed by atoms with van der Waals surface area (Å²) in [5, 5.41) is 0. The highest BCUT2D eigenvalue weighted by Crippen LogP contribution is 2.27. The average Bonchev–Trinajstić information content (AvgIpc) is 2.11. The van der Waals surface area contributed by atoms with E-state index >= 15 is 0 Å². The van der Waals surface area contributed by atoms with E-state index in [1.807, 2.05) is 13.8 Å². The summed E-state index contributed by atoms with van der Waals surface area (Å²) in [6.07, 6.45) is 1.13. The van der Waals surface area contributed by atoms with Crippen LogP contribution in [0.15, 0.2) is 18.2 Å². The zero-order valence-corrected chi connectivity index (χ0v) is 9.19. The third-order valence-electron chi connectivity index (χ3n) is 2.54. The van der Waals surface area contributed by atoms with Gasteiger partial charge in [-0.3, -0.25) is 0 Å². The Morgan fingerprint density at radius 2 is 1.73 bits per heavy atom. The Bertz CT molecular complexity index is 314. The van der Waals surface area contributed by atoms with Gasteiger partial charge in [0.15, 0.2) is 0 Å². The van der Waals surface area contributed by atoms with E-state index in [2.05, 4.69) is 0 Å². The van der Waals surface area contributed by atoms with Crippen LogP contribution in [0.4, 0.5) is 8.78 Å². The van der Waals surface area contributed by atoms with Crippen LogP contribution in [0.5, 0.6) is 0 Å². The Morgan fingerprint density at radius 3 is 2.20 bits per heavy atom. The summed E-state index contributed by atoms with van der Waals surface area (Å²) in [6.45, 7) is 4.46. The SMILES string of the molecule is CC(C)(CCN)Cc1c(F)cccc1F. The van der Waals surface area contributed by atoms with Gasteiger partial charge in [0.1, 0.15) is 11.6 Å². The van der Waals surface area contributed by atoms with Crippen molar-refractivity contribution in [2.45, 2.75) is 26.7 Å². The van der Waals surface area contributed by atoms with Gasteiger partial charge in [0, 0.05) is 5.56 Å². The van der Waals surface area contributed by atoms with Crippen molar-refractivity contribution in [3.63, 3.8) is 0 Å². The van der Waals surface area contributed by atoms with E-state index in [-0.39, 0.29) is 11.0 Å². The van der Waals surface area contributed by atoms with Crippen LogP contribution < -0.4 is 5.73 Å². The van der Waals surface area contributed by atoms with Crippen molar-refractivity contribution in [3.05, 3.63) is 35.4 Å². The number of nitrogens with two attached hydrogens (primary N) is 1. The van der Waals surface area contributed by atoms with E-state index in [4.69, 9.17) is 5.73 Å². The molecule has 0 amide bonds. The first-order chi connectivity index (χ1) is 6.96. The zero-order chi connectivity index (χ0) is 11.5. The highest BCUT2D eigenvalue weighted by Gasteiger charge is 2.21. The molecule has 1 aromatic carbocycles. The van der Waals surface area contributed by atoms with Crippen molar-refractivity contribution < 1.29 is 8.78 Å². The summed E-state index contributed by atoms with van der Waals surface area (Å²) in [5.74, 6) is -0.944. The summed E-state index contributed by atoms with van der Waals surface area (Å²) in [5.41, 5.74) is 5.45. The van der Waals surface area contributed by atoms with E-state index in [9.17, 15) is 8.78 Å². The van der Waals surface area contributed by atoms with Crippen molar-refractivity contribution in [2.24, 2.45) is 11.1 Å². The zero-order valence-electron chi connectivity index (χ0n) is 9.19. The summed E-state index contributed by atoms with van der Waals surface area (Å²) < 4.78 is 26.7. The molecule has 2 N–H and O–H groups in total. The van der Waals surface area contributed by atoms with Crippen LogP contribution in [0, 0.1) is 17.0 Å². The highest BCUT2D eigenvalue weighted by molar-refractivity contribution is 5.20. The minimum Gasteiger partial charge on any atom is -0.330 e. The predicted molar refractivity (Wildman–Crippen MR) is 57.5 cm³/mol. The number of rotatable bonds is 4. The lowest BCUT2D eigenvalue weighted by Gasteiger charge is -2.24. The van der Waals surface area contributed by atoms with Gasteiger partial charge in [-0.25, -0.2) is 8.78 Å². The maximum Gasteiger partial charge on any atom is 0.129 e. The molecule has 1 aromatic rings. The molecule has 1 rings (SSSR count). The summed E-state index contributed by atoms with van der Waals surface area (Å²) in [7, 11) is 0. The quantitative estimate of drug-likeness (QED) is 0.817. The normalized spacial score (nSPS) is 11.8. The standard InChI is InChI=1S/C12H17F2N/c1-12(2,6-7-15)8-9-10(13)4-3-5-11(9)14/h3-5H,6-8,15H2,1-2H3. The molecule has 3 heteroatoms. The summed E-state index contributed by atoms with van der Waals surface area (Å²) >= 11 is 0. The first-order valence-corrected chi connectivity index (χ1v) is 5.09. The molecule has 0 aromatic heterocycles. The van der Waals surface area contributed by atoms with Gasteiger partial charge in [-0.2, -0.15) is 0 Å². The van der Waals surface area contributed by atoms with Gasteiger partial charge in [0.05, 0.1) is 0 Å². The molecule has 0 radical (unpaired) electrons. The Hall–Kier alpha value is -0.960. The van der Waals surface area contributed by atoms with E-state index in [0.29, 0.717) is 13.0 Å². The molecule has 0 saturated heterocycles. The van der Waals surface area contributed by atoms with Crippen LogP contribution in [0.3, 0.4) is 0 Å². The smallest absolute Gasteiger partial charge is 0.129 e. The molecule has 0 aliphatic carbocycles. The minimum atomic E-state index is -0.472. The van der Waals surface area contributed by atoms with Gasteiger partial charge < -0.3 is 5.73 Å². The predicted octanol–water partition coefficient (Wildman–Crippen LogP) is 2.88. The molecule has 0 aliphatic rings. The molecule has 15 heavy (non-hydrogen) atoms. The monoisotopic (exact) mass is 213 g/mol. The fraction of sp³-hybridized carbons (Fsp3) is 0.500. The molecule has 0 saturated carbocycles. The van der Waals surface area contributed by atoms with Crippen LogP contribution in [0.25, 0.3) is 0 Å². The van der Waals surface area contributed by atoms with E-state index in [0.717, 1.165) is 6.42 Å². The van der Waals surface area contributed by atoms with Crippen LogP contribution >= 0.6 is 0 Å². The maximum absolute atomic E-state index is 13.3. The van der Waals surface area contributed by atoms with Crippen molar-refractivity contribution >= 4 is 0 Å². The first-order valence-electron chi connectivity index (χ1n) is 5.09. The van der Waals surface area contributed by atoms with Crippen LogP contribution in [0.1, 0.15) is 25.8 Å². The van der Waals surface area contributed by atoms with Crippen molar-refractivity contribution in [1.29, 1.82) is 0 Å². The van der Waals surface area contributed by atoms with Gasteiger partial charge in [0.2, 0.25) is 0 Å². The Kier molecular flexibility index (Phi) is 3.80. The molecule has 0 fully saturated rings. The lowest BCUT2D eigenvalue weighted by molar-refractivity contribution is 0.327. The molecule has 0 aliphatic heterocycles. The third-order valence-corrected chi connectivity index (χ3v) is 2.54. The van der Waals surface area contributed by atoms with E-state index < -0.39 is 11.6 Å². The molecule has 0 heterocycles. The topological polar surface area (TPSA) is 26.0 Å². The first kappa shape index (κ1) is 12.1. The van der Waals surface area contributed by atoms with Gasteiger partial charge in [-0.15, -0.1) is 0 Å². The van der Waals surface area contributed by atoms with Gasteiger partial charge >= 0.3 is 0 Å². The highest BCUT2D eigenvalue weighted by atomic mass is 19.1. The number of benzene rings is 1. The second-order valence-electron chi connectivity index (χ2n) is 4.58. The molecule has 84 valence electrons. The van der Waals surface area contributed by atoms with Crippen molar-refractivity contribution in [1.82, 2.24) is 0 Å². The molecule has 0 bridgehead atoms.